The maximum absolute atomic E-state index is 14.0. The number of anilines is 2. The van der Waals surface area contributed by atoms with Crippen molar-refractivity contribution in [2.45, 2.75) is 75.8 Å². The molecule has 224 valence electrons. The van der Waals surface area contributed by atoms with Crippen molar-refractivity contribution < 1.29 is 14.6 Å². The topological polar surface area (TPSA) is 73.8 Å². The normalized spacial score (nSPS) is 22.6. The molecule has 1 aliphatic carbocycles. The number of hydrogen-bond donors (Lipinski definition) is 0. The van der Waals surface area contributed by atoms with E-state index in [-0.39, 0.29) is 24.7 Å². The zero-order chi connectivity index (χ0) is 29.4. The first-order valence-corrected chi connectivity index (χ1v) is 17.4. The van der Waals surface area contributed by atoms with Crippen molar-refractivity contribution in [3.63, 3.8) is 0 Å². The van der Waals surface area contributed by atoms with Crippen LogP contribution in [0.3, 0.4) is 0 Å². The van der Waals surface area contributed by atoms with Gasteiger partial charge in [-0.1, -0.05) is 56.2 Å². The number of pyridine rings is 1. The van der Waals surface area contributed by atoms with Crippen LogP contribution in [0, 0.1) is 5.92 Å². The number of ketones is 1. The summed E-state index contributed by atoms with van der Waals surface area (Å²) in [5.74, 6) is 1.16. The Morgan fingerprint density at radius 2 is 1.81 bits per heavy atom. The highest BCUT2D eigenvalue weighted by Crippen LogP contribution is 2.43. The number of carbonyl (C=O) groups excluding carboxylic acids is 1. The molecule has 2 saturated heterocycles. The Morgan fingerprint density at radius 3 is 2.45 bits per heavy atom. The van der Waals surface area contributed by atoms with Crippen LogP contribution in [0.5, 0.6) is 0 Å². The highest BCUT2D eigenvalue weighted by atomic mass is 32.2. The monoisotopic (exact) mass is 606 g/mol. The first kappa shape index (κ1) is 29.1. The van der Waals surface area contributed by atoms with E-state index < -0.39 is 10.0 Å². The molecule has 6 rings (SSSR count). The number of Topliss-reactive ketones (excluding diaryl/α,β-unsaturated/α-hetero) is 1. The molecule has 1 aromatic carbocycles. The van der Waals surface area contributed by atoms with Gasteiger partial charge in [0.1, 0.15) is 10.7 Å². The van der Waals surface area contributed by atoms with Gasteiger partial charge in [0.05, 0.1) is 23.2 Å². The van der Waals surface area contributed by atoms with Crippen LogP contribution in [-0.4, -0.2) is 55.2 Å². The second kappa shape index (κ2) is 11.9. The predicted molar refractivity (Wildman–Crippen MR) is 173 cm³/mol. The van der Waals surface area contributed by atoms with E-state index in [2.05, 4.69) is 46.5 Å². The summed E-state index contributed by atoms with van der Waals surface area (Å²) in [6, 6.07) is 16.1. The number of hydrogen-bond acceptors (Lipinski definition) is 7. The van der Waals surface area contributed by atoms with Crippen LogP contribution >= 0.6 is 11.3 Å². The van der Waals surface area contributed by atoms with Gasteiger partial charge in [-0.3, -0.25) is 4.79 Å². The molecule has 0 bridgehead atoms. The number of rotatable bonds is 7. The van der Waals surface area contributed by atoms with Gasteiger partial charge in [-0.05, 0) is 62.3 Å². The number of carbonyl (C=O) groups is 1. The summed E-state index contributed by atoms with van der Waals surface area (Å²) in [6.45, 7) is 9.69. The summed E-state index contributed by atoms with van der Waals surface area (Å²) in [4.78, 5) is 23.9. The molecule has 1 saturated carbocycles. The van der Waals surface area contributed by atoms with Gasteiger partial charge in [-0.2, -0.15) is 4.31 Å². The van der Waals surface area contributed by atoms with E-state index in [0.29, 0.717) is 29.1 Å². The lowest BCUT2D eigenvalue weighted by Crippen LogP contribution is -2.56. The van der Waals surface area contributed by atoms with E-state index in [1.165, 1.54) is 24.0 Å². The molecule has 9 heteroatoms. The number of nitrogens with zero attached hydrogens (tertiary/aromatic N) is 4. The van der Waals surface area contributed by atoms with Crippen molar-refractivity contribution >= 4 is 38.6 Å². The van der Waals surface area contributed by atoms with Crippen LogP contribution in [0.15, 0.2) is 71.9 Å². The van der Waals surface area contributed by atoms with Gasteiger partial charge in [-0.15, -0.1) is 11.3 Å². The molecule has 42 heavy (non-hydrogen) atoms. The molecule has 3 aliphatic rings. The second-order valence-electron chi connectivity index (χ2n) is 12.0. The van der Waals surface area contributed by atoms with E-state index >= 15 is 0 Å². The first-order chi connectivity index (χ1) is 20.2. The molecule has 0 unspecified atom stereocenters. The number of aromatic nitrogens is 1. The Labute approximate surface area is 255 Å². The molecule has 0 amide bonds. The van der Waals surface area contributed by atoms with Crippen LogP contribution in [0.2, 0.25) is 0 Å². The van der Waals surface area contributed by atoms with Gasteiger partial charge in [0.25, 0.3) is 0 Å². The predicted octanol–water partition coefficient (Wildman–Crippen LogP) is 7.22. The van der Waals surface area contributed by atoms with Crippen molar-refractivity contribution in [1.29, 1.82) is 0 Å². The van der Waals surface area contributed by atoms with Crippen LogP contribution in [0.25, 0.3) is 10.4 Å². The zero-order valence-electron chi connectivity index (χ0n) is 24.5. The maximum Gasteiger partial charge on any atom is 0.245 e. The molecular weight excluding hydrogens is 565 g/mol. The third-order valence-electron chi connectivity index (χ3n) is 9.17. The van der Waals surface area contributed by atoms with Gasteiger partial charge in [0.2, 0.25) is 10.0 Å². The van der Waals surface area contributed by atoms with Crippen LogP contribution < -0.4 is 9.80 Å². The Balaban J connectivity index is 0.00000368. The lowest BCUT2D eigenvalue weighted by Gasteiger charge is -2.47. The molecule has 0 spiro atoms. The van der Waals surface area contributed by atoms with Crippen molar-refractivity contribution in [1.82, 2.24) is 9.29 Å². The Morgan fingerprint density at radius 1 is 1.05 bits per heavy atom. The molecule has 0 radical (unpaired) electrons. The van der Waals surface area contributed by atoms with Crippen molar-refractivity contribution in [2.75, 3.05) is 29.4 Å². The molecule has 2 atom stereocenters. The Hall–Kier alpha value is -3.01. The van der Waals surface area contributed by atoms with E-state index in [0.717, 1.165) is 67.0 Å². The standard InChI is InChI=1S/C33H40N4O3S2.H2/c1-23-11-10-18-36(23)32-17-16-28(20-34-32)42(39,40)35-21-24(2)37(30(22-35)26-12-6-4-7-13-26)29-19-31(41-33(29)25(3)38)27-14-8-5-9-15-27;/h5,8-9,14-17,19-20,23,26,30H,2,4,6-7,10-13,18,21-22H2,1,3H3;1H/t23-,30+;/m1./s1. The second-order valence-corrected chi connectivity index (χ2v) is 15.0. The zero-order valence-corrected chi connectivity index (χ0v) is 26.2. The lowest BCUT2D eigenvalue weighted by molar-refractivity contribution is 0.102. The lowest BCUT2D eigenvalue weighted by atomic mass is 9.82. The summed E-state index contributed by atoms with van der Waals surface area (Å²) >= 11 is 1.50. The van der Waals surface area contributed by atoms with Crippen molar-refractivity contribution in [3.05, 3.63) is 71.9 Å². The van der Waals surface area contributed by atoms with Crippen LogP contribution in [-0.2, 0) is 10.0 Å². The molecule has 2 aliphatic heterocycles. The van der Waals surface area contributed by atoms with E-state index in [1.54, 1.807) is 17.3 Å². The van der Waals surface area contributed by atoms with Gasteiger partial charge in [-0.25, -0.2) is 13.4 Å². The van der Waals surface area contributed by atoms with Crippen LogP contribution in [0.4, 0.5) is 11.5 Å². The number of piperazine rings is 1. The maximum atomic E-state index is 14.0. The molecule has 4 heterocycles. The molecule has 3 fully saturated rings. The average molecular weight is 607 g/mol. The van der Waals surface area contributed by atoms with E-state index in [1.807, 2.05) is 24.3 Å². The molecule has 7 nitrogen and oxygen atoms in total. The van der Waals surface area contributed by atoms with Crippen molar-refractivity contribution in [3.8, 4) is 10.4 Å². The molecule has 0 N–H and O–H groups in total. The fourth-order valence-electron chi connectivity index (χ4n) is 6.95. The smallest absolute Gasteiger partial charge is 0.245 e. The number of thiophene rings is 1. The minimum Gasteiger partial charge on any atom is -0.354 e. The van der Waals surface area contributed by atoms with E-state index in [9.17, 15) is 13.2 Å². The van der Waals surface area contributed by atoms with Gasteiger partial charge in [0.15, 0.2) is 5.78 Å². The minimum absolute atomic E-state index is 0. The quantitative estimate of drug-likeness (QED) is 0.265. The van der Waals surface area contributed by atoms with Gasteiger partial charge >= 0.3 is 0 Å². The van der Waals surface area contributed by atoms with E-state index in [4.69, 9.17) is 0 Å². The largest absolute Gasteiger partial charge is 0.354 e. The summed E-state index contributed by atoms with van der Waals surface area (Å²) in [7, 11) is -3.79. The third-order valence-corrected chi connectivity index (χ3v) is 12.2. The fraction of sp³-hybridized carbons (Fsp3) is 0.455. The Bertz CT molecular complexity index is 1550. The number of benzene rings is 1. The molecule has 2 aromatic heterocycles. The van der Waals surface area contributed by atoms with Gasteiger partial charge < -0.3 is 9.80 Å². The fourth-order valence-corrected chi connectivity index (χ4v) is 9.40. The summed E-state index contributed by atoms with van der Waals surface area (Å²) in [6.07, 6.45) is 9.31. The summed E-state index contributed by atoms with van der Waals surface area (Å²) in [5, 5.41) is 0. The Kier molecular flexibility index (Phi) is 8.26. The van der Waals surface area contributed by atoms with Crippen LogP contribution in [0.1, 0.15) is 69.9 Å². The summed E-state index contributed by atoms with van der Waals surface area (Å²) in [5.41, 5.74) is 2.63. The molecule has 3 aromatic rings. The van der Waals surface area contributed by atoms with Gasteiger partial charge in [0, 0.05) is 44.3 Å². The SMILES string of the molecule is C=C1CN(S(=O)(=O)c2ccc(N3CCC[C@H]3C)nc2)C[C@@H](C2CCCCC2)N1c1cc(-c2ccccc2)sc1C(C)=O.[HH]. The third kappa shape index (κ3) is 5.54. The highest BCUT2D eigenvalue weighted by Gasteiger charge is 2.42. The molecular formula is C33H42N4O3S2. The highest BCUT2D eigenvalue weighted by molar-refractivity contribution is 7.89. The number of sulfonamides is 1. The first-order valence-electron chi connectivity index (χ1n) is 15.1. The average Bonchev–Trinajstić information content (AvgIpc) is 3.64. The summed E-state index contributed by atoms with van der Waals surface area (Å²) < 4.78 is 29.6. The van der Waals surface area contributed by atoms with Crippen molar-refractivity contribution in [2.24, 2.45) is 5.92 Å². The minimum atomic E-state index is -3.79.